The van der Waals surface area contributed by atoms with Crippen molar-refractivity contribution in [1.29, 1.82) is 0 Å². The normalized spacial score (nSPS) is 12.6. The number of rotatable bonds is 11. The van der Waals surface area contributed by atoms with Gasteiger partial charge in [-0.25, -0.2) is 0 Å². The van der Waals surface area contributed by atoms with Crippen molar-refractivity contribution in [3.8, 4) is 5.75 Å². The molecule has 0 aliphatic rings. The van der Waals surface area contributed by atoms with Gasteiger partial charge in [0.05, 0.1) is 13.2 Å². The van der Waals surface area contributed by atoms with Crippen LogP contribution in [0.3, 0.4) is 0 Å². The minimum atomic E-state index is 0.571. The molecule has 3 nitrogen and oxygen atoms in total. The Bertz CT molecular complexity index is 327. The summed E-state index contributed by atoms with van der Waals surface area (Å²) < 4.78 is 11.1. The largest absolute Gasteiger partial charge is 0.491 e. The standard InChI is InChI=1S/C17H29NO2/c1-15(2)9-10-16(3)18-11-12-19-13-14-20-17-7-5-4-6-8-17/h4-8,15-16,18H,9-14H2,1-3H3. The molecular weight excluding hydrogens is 250 g/mol. The lowest BCUT2D eigenvalue weighted by Gasteiger charge is -2.15. The van der Waals surface area contributed by atoms with Crippen LogP contribution < -0.4 is 10.1 Å². The van der Waals surface area contributed by atoms with E-state index in [0.29, 0.717) is 19.3 Å². The lowest BCUT2D eigenvalue weighted by atomic mass is 10.0. The zero-order valence-corrected chi connectivity index (χ0v) is 13.1. The molecule has 0 amide bonds. The van der Waals surface area contributed by atoms with Gasteiger partial charge in [-0.1, -0.05) is 32.0 Å². The first-order valence-electron chi connectivity index (χ1n) is 7.67. The molecule has 0 fully saturated rings. The molecule has 0 aliphatic carbocycles. The molecule has 1 aromatic carbocycles. The van der Waals surface area contributed by atoms with Crippen LogP contribution in [0.25, 0.3) is 0 Å². The second-order valence-electron chi connectivity index (χ2n) is 5.60. The molecule has 0 bridgehead atoms. The highest BCUT2D eigenvalue weighted by Crippen LogP contribution is 2.07. The molecule has 1 unspecified atom stereocenters. The van der Waals surface area contributed by atoms with Crippen LogP contribution in [0.4, 0.5) is 0 Å². The molecule has 1 rings (SSSR count). The summed E-state index contributed by atoms with van der Waals surface area (Å²) in [4.78, 5) is 0. The highest BCUT2D eigenvalue weighted by molar-refractivity contribution is 5.20. The van der Waals surface area contributed by atoms with Crippen molar-refractivity contribution in [1.82, 2.24) is 5.32 Å². The number of hydrogen-bond acceptors (Lipinski definition) is 3. The van der Waals surface area contributed by atoms with E-state index >= 15 is 0 Å². The smallest absolute Gasteiger partial charge is 0.119 e. The minimum Gasteiger partial charge on any atom is -0.491 e. The summed E-state index contributed by atoms with van der Waals surface area (Å²) in [6.07, 6.45) is 2.51. The van der Waals surface area contributed by atoms with Gasteiger partial charge in [0.1, 0.15) is 12.4 Å². The van der Waals surface area contributed by atoms with Crippen molar-refractivity contribution >= 4 is 0 Å². The Hall–Kier alpha value is -1.06. The Kier molecular flexibility index (Phi) is 9.09. The van der Waals surface area contributed by atoms with Crippen molar-refractivity contribution in [2.75, 3.05) is 26.4 Å². The van der Waals surface area contributed by atoms with E-state index in [2.05, 4.69) is 26.1 Å². The molecule has 1 aromatic rings. The Balaban J connectivity index is 1.90. The van der Waals surface area contributed by atoms with Crippen molar-refractivity contribution in [3.63, 3.8) is 0 Å². The first-order valence-corrected chi connectivity index (χ1v) is 7.67. The first-order chi connectivity index (χ1) is 9.68. The molecule has 20 heavy (non-hydrogen) atoms. The Morgan fingerprint density at radius 2 is 1.70 bits per heavy atom. The van der Waals surface area contributed by atoms with E-state index in [-0.39, 0.29) is 0 Å². The average molecular weight is 279 g/mol. The molecule has 3 heteroatoms. The monoisotopic (exact) mass is 279 g/mol. The van der Waals surface area contributed by atoms with Crippen LogP contribution in [0, 0.1) is 5.92 Å². The lowest BCUT2D eigenvalue weighted by molar-refractivity contribution is 0.100. The third kappa shape index (κ3) is 8.94. The number of ether oxygens (including phenoxy) is 2. The van der Waals surface area contributed by atoms with Gasteiger partial charge in [0, 0.05) is 12.6 Å². The van der Waals surface area contributed by atoms with Crippen LogP contribution >= 0.6 is 0 Å². The van der Waals surface area contributed by atoms with Gasteiger partial charge < -0.3 is 14.8 Å². The van der Waals surface area contributed by atoms with Gasteiger partial charge in [-0.3, -0.25) is 0 Å². The van der Waals surface area contributed by atoms with Crippen molar-refractivity contribution < 1.29 is 9.47 Å². The Morgan fingerprint density at radius 1 is 0.950 bits per heavy atom. The molecule has 1 N–H and O–H groups in total. The van der Waals surface area contributed by atoms with Gasteiger partial charge in [-0.05, 0) is 37.8 Å². The van der Waals surface area contributed by atoms with Crippen LogP contribution in [0.2, 0.25) is 0 Å². The highest BCUT2D eigenvalue weighted by Gasteiger charge is 2.02. The van der Waals surface area contributed by atoms with Crippen molar-refractivity contribution in [2.24, 2.45) is 5.92 Å². The van der Waals surface area contributed by atoms with E-state index in [1.54, 1.807) is 0 Å². The molecule has 0 heterocycles. The van der Waals surface area contributed by atoms with Crippen LogP contribution in [0.1, 0.15) is 33.6 Å². The topological polar surface area (TPSA) is 30.5 Å². The molecular formula is C17H29NO2. The van der Waals surface area contributed by atoms with Crippen LogP contribution in [-0.4, -0.2) is 32.4 Å². The average Bonchev–Trinajstić information content (AvgIpc) is 2.45. The van der Waals surface area contributed by atoms with Crippen LogP contribution in [0.15, 0.2) is 30.3 Å². The predicted molar refractivity (Wildman–Crippen MR) is 84.3 cm³/mol. The van der Waals surface area contributed by atoms with Gasteiger partial charge in [0.2, 0.25) is 0 Å². The maximum Gasteiger partial charge on any atom is 0.119 e. The fourth-order valence-corrected chi connectivity index (χ4v) is 1.90. The van der Waals surface area contributed by atoms with Gasteiger partial charge in [0.25, 0.3) is 0 Å². The summed E-state index contributed by atoms with van der Waals surface area (Å²) in [5.41, 5.74) is 0. The van der Waals surface area contributed by atoms with E-state index in [1.807, 2.05) is 30.3 Å². The molecule has 0 aliphatic heterocycles. The third-order valence-electron chi connectivity index (χ3n) is 3.16. The van der Waals surface area contributed by atoms with Gasteiger partial charge in [-0.15, -0.1) is 0 Å². The number of hydrogen-bond donors (Lipinski definition) is 1. The van der Waals surface area contributed by atoms with Gasteiger partial charge in [-0.2, -0.15) is 0 Å². The quantitative estimate of drug-likeness (QED) is 0.629. The summed E-state index contributed by atoms with van der Waals surface area (Å²) in [5, 5.41) is 3.48. The second kappa shape index (κ2) is 10.7. The molecule has 114 valence electrons. The molecule has 0 spiro atoms. The van der Waals surface area contributed by atoms with E-state index in [1.165, 1.54) is 12.8 Å². The van der Waals surface area contributed by atoms with Crippen molar-refractivity contribution in [2.45, 2.75) is 39.7 Å². The fraction of sp³-hybridized carbons (Fsp3) is 0.647. The molecule has 0 aromatic heterocycles. The second-order valence-corrected chi connectivity index (χ2v) is 5.60. The third-order valence-corrected chi connectivity index (χ3v) is 3.16. The predicted octanol–water partition coefficient (Wildman–Crippen LogP) is 3.50. The van der Waals surface area contributed by atoms with Gasteiger partial charge >= 0.3 is 0 Å². The highest BCUT2D eigenvalue weighted by atomic mass is 16.5. The van der Waals surface area contributed by atoms with E-state index in [4.69, 9.17) is 9.47 Å². The maximum absolute atomic E-state index is 5.55. The summed E-state index contributed by atoms with van der Waals surface area (Å²) in [7, 11) is 0. The zero-order chi connectivity index (χ0) is 14.6. The van der Waals surface area contributed by atoms with Crippen LogP contribution in [0.5, 0.6) is 5.75 Å². The SMILES string of the molecule is CC(C)CCC(C)NCCOCCOc1ccccc1. The molecule has 0 saturated heterocycles. The number of benzene rings is 1. The Morgan fingerprint density at radius 3 is 2.40 bits per heavy atom. The maximum atomic E-state index is 5.55. The van der Waals surface area contributed by atoms with E-state index < -0.39 is 0 Å². The zero-order valence-electron chi connectivity index (χ0n) is 13.1. The lowest BCUT2D eigenvalue weighted by Crippen LogP contribution is -2.30. The van der Waals surface area contributed by atoms with E-state index in [9.17, 15) is 0 Å². The minimum absolute atomic E-state index is 0.571. The summed E-state index contributed by atoms with van der Waals surface area (Å²) in [5.74, 6) is 1.68. The molecule has 1 atom stereocenters. The first kappa shape index (κ1) is 17.0. The molecule has 0 radical (unpaired) electrons. The summed E-state index contributed by atoms with van der Waals surface area (Å²) in [6.45, 7) is 9.66. The Labute approximate surface area is 123 Å². The summed E-state index contributed by atoms with van der Waals surface area (Å²) in [6, 6.07) is 10.4. The van der Waals surface area contributed by atoms with Crippen LogP contribution in [-0.2, 0) is 4.74 Å². The van der Waals surface area contributed by atoms with Gasteiger partial charge in [0.15, 0.2) is 0 Å². The van der Waals surface area contributed by atoms with E-state index in [0.717, 1.165) is 24.8 Å². The summed E-state index contributed by atoms with van der Waals surface area (Å²) >= 11 is 0. The molecule has 0 saturated carbocycles. The number of para-hydroxylation sites is 1. The fourth-order valence-electron chi connectivity index (χ4n) is 1.90. The van der Waals surface area contributed by atoms with Crippen molar-refractivity contribution in [3.05, 3.63) is 30.3 Å². The number of nitrogens with one attached hydrogen (secondary N) is 1.